The van der Waals surface area contributed by atoms with Crippen molar-refractivity contribution in [3.8, 4) is 0 Å². The Bertz CT molecular complexity index is 646. The van der Waals surface area contributed by atoms with Gasteiger partial charge in [0.05, 0.1) is 19.8 Å². The fourth-order valence-electron chi connectivity index (χ4n) is 2.38. The molecule has 0 radical (unpaired) electrons. The van der Waals surface area contributed by atoms with Crippen LogP contribution in [0, 0.1) is 0 Å². The fourth-order valence-corrected chi connectivity index (χ4v) is 2.38. The van der Waals surface area contributed by atoms with E-state index < -0.39 is 30.7 Å². The van der Waals surface area contributed by atoms with Gasteiger partial charge in [-0.3, -0.25) is 4.79 Å². The van der Waals surface area contributed by atoms with Crippen molar-refractivity contribution in [3.63, 3.8) is 0 Å². The Labute approximate surface area is 152 Å². The zero-order valence-corrected chi connectivity index (χ0v) is 14.4. The molecule has 6 nitrogen and oxygen atoms in total. The second-order valence-corrected chi connectivity index (χ2v) is 5.90. The largest absolute Gasteiger partial charge is 0.394 e. The number of rotatable bonds is 11. The zero-order valence-electron chi connectivity index (χ0n) is 14.4. The normalized spacial score (nSPS) is 14.6. The molecule has 0 unspecified atom stereocenters. The summed E-state index contributed by atoms with van der Waals surface area (Å²) in [4.78, 5) is 12.4. The molecule has 0 amide bonds. The van der Waals surface area contributed by atoms with Crippen molar-refractivity contribution in [3.05, 3.63) is 71.8 Å². The van der Waals surface area contributed by atoms with Gasteiger partial charge in [-0.05, 0) is 11.1 Å². The summed E-state index contributed by atoms with van der Waals surface area (Å²) >= 11 is 0. The molecule has 2 aromatic rings. The first-order chi connectivity index (χ1) is 12.6. The second-order valence-electron chi connectivity index (χ2n) is 5.90. The highest BCUT2D eigenvalue weighted by Gasteiger charge is 2.32. The molecule has 0 saturated heterocycles. The van der Waals surface area contributed by atoms with E-state index in [1.54, 1.807) is 0 Å². The lowest BCUT2D eigenvalue weighted by Crippen LogP contribution is -2.46. The molecular formula is C20H24O6. The molecule has 0 saturated carbocycles. The highest BCUT2D eigenvalue weighted by atomic mass is 16.5. The fraction of sp³-hybridized carbons (Fsp3) is 0.350. The lowest BCUT2D eigenvalue weighted by molar-refractivity contribution is -0.154. The highest BCUT2D eigenvalue weighted by molar-refractivity contribution is 5.85. The summed E-state index contributed by atoms with van der Waals surface area (Å²) in [5.41, 5.74) is 1.74. The Morgan fingerprint density at radius 3 is 1.96 bits per heavy atom. The topological polar surface area (TPSA) is 96.2 Å². The predicted molar refractivity (Wildman–Crippen MR) is 95.2 cm³/mol. The summed E-state index contributed by atoms with van der Waals surface area (Å²) in [6.07, 6.45) is -4.32. The first-order valence-electron chi connectivity index (χ1n) is 8.38. The van der Waals surface area contributed by atoms with Crippen molar-refractivity contribution in [2.75, 3.05) is 13.2 Å². The number of carbonyl (C=O) groups excluding carboxylic acids is 1. The van der Waals surface area contributed by atoms with E-state index in [2.05, 4.69) is 0 Å². The number of aliphatic hydroxyl groups excluding tert-OH is 3. The Kier molecular flexibility index (Phi) is 8.40. The van der Waals surface area contributed by atoms with Gasteiger partial charge in [0, 0.05) is 0 Å². The lowest BCUT2D eigenvalue weighted by Gasteiger charge is -2.25. The number of hydrogen-bond acceptors (Lipinski definition) is 6. The van der Waals surface area contributed by atoms with Gasteiger partial charge in [0.2, 0.25) is 0 Å². The molecule has 0 aromatic heterocycles. The highest BCUT2D eigenvalue weighted by Crippen LogP contribution is 2.11. The third kappa shape index (κ3) is 6.33. The Morgan fingerprint density at radius 1 is 0.885 bits per heavy atom. The molecule has 2 aromatic carbocycles. The average Bonchev–Trinajstić information content (AvgIpc) is 2.69. The number of benzene rings is 2. The molecule has 0 fully saturated rings. The van der Waals surface area contributed by atoms with Gasteiger partial charge in [-0.1, -0.05) is 60.7 Å². The van der Waals surface area contributed by atoms with Gasteiger partial charge in [0.15, 0.2) is 5.78 Å². The minimum atomic E-state index is -1.54. The monoisotopic (exact) mass is 360 g/mol. The van der Waals surface area contributed by atoms with E-state index in [4.69, 9.17) is 14.6 Å². The van der Waals surface area contributed by atoms with Crippen LogP contribution >= 0.6 is 0 Å². The smallest absolute Gasteiger partial charge is 0.189 e. The van der Waals surface area contributed by atoms with E-state index in [0.717, 1.165) is 11.1 Å². The van der Waals surface area contributed by atoms with Crippen LogP contribution in [-0.2, 0) is 27.5 Å². The third-order valence-electron chi connectivity index (χ3n) is 3.84. The standard InChI is InChI=1S/C20H24O6/c21-11-17(22)19(24)20(26-13-16-9-5-2-6-10-16)18(23)14-25-12-15-7-3-1-4-8-15/h1-10,17,19-22,24H,11-14H2/t17-,19+,20+/m1/s1. The maximum Gasteiger partial charge on any atom is 0.189 e. The second kappa shape index (κ2) is 10.8. The van der Waals surface area contributed by atoms with Gasteiger partial charge in [-0.15, -0.1) is 0 Å². The van der Waals surface area contributed by atoms with Crippen LogP contribution in [0.4, 0.5) is 0 Å². The van der Waals surface area contributed by atoms with E-state index in [0.29, 0.717) is 0 Å². The van der Waals surface area contributed by atoms with Crippen LogP contribution in [0.15, 0.2) is 60.7 Å². The van der Waals surface area contributed by atoms with Crippen LogP contribution < -0.4 is 0 Å². The van der Waals surface area contributed by atoms with E-state index in [-0.39, 0.29) is 19.8 Å². The number of Topliss-reactive ketones (excluding diaryl/α,β-unsaturated/α-hetero) is 1. The van der Waals surface area contributed by atoms with Crippen LogP contribution in [0.5, 0.6) is 0 Å². The molecule has 0 aliphatic carbocycles. The number of ether oxygens (including phenoxy) is 2. The SMILES string of the molecule is O=C(COCc1ccccc1)[C@H](OCc1ccccc1)[C@@H](O)[C@H](O)CO. The van der Waals surface area contributed by atoms with Crippen molar-refractivity contribution < 1.29 is 29.6 Å². The van der Waals surface area contributed by atoms with E-state index in [1.165, 1.54) is 0 Å². The maximum atomic E-state index is 12.4. The van der Waals surface area contributed by atoms with Gasteiger partial charge in [0.25, 0.3) is 0 Å². The summed E-state index contributed by atoms with van der Waals surface area (Å²) in [5.74, 6) is -0.503. The summed E-state index contributed by atoms with van der Waals surface area (Å²) in [7, 11) is 0. The quantitative estimate of drug-likeness (QED) is 0.555. The lowest BCUT2D eigenvalue weighted by atomic mass is 10.0. The first-order valence-corrected chi connectivity index (χ1v) is 8.38. The minimum Gasteiger partial charge on any atom is -0.394 e. The van der Waals surface area contributed by atoms with Gasteiger partial charge < -0.3 is 24.8 Å². The Morgan fingerprint density at radius 2 is 1.42 bits per heavy atom. The minimum absolute atomic E-state index is 0.0884. The summed E-state index contributed by atoms with van der Waals surface area (Å²) in [6.45, 7) is -0.615. The van der Waals surface area contributed by atoms with Crippen molar-refractivity contribution in [2.24, 2.45) is 0 Å². The van der Waals surface area contributed by atoms with Gasteiger partial charge in [0.1, 0.15) is 24.9 Å². The van der Waals surface area contributed by atoms with Crippen molar-refractivity contribution in [1.82, 2.24) is 0 Å². The Hall–Kier alpha value is -2.09. The molecule has 3 atom stereocenters. The number of aliphatic hydroxyl groups is 3. The first kappa shape index (κ1) is 20.2. The van der Waals surface area contributed by atoms with Gasteiger partial charge in [-0.2, -0.15) is 0 Å². The molecule has 140 valence electrons. The maximum absolute atomic E-state index is 12.4. The molecule has 26 heavy (non-hydrogen) atoms. The molecular weight excluding hydrogens is 336 g/mol. The molecule has 2 rings (SSSR count). The summed E-state index contributed by atoms with van der Waals surface area (Å²) in [6, 6.07) is 18.5. The molecule has 0 spiro atoms. The van der Waals surface area contributed by atoms with Crippen LogP contribution in [-0.4, -0.2) is 52.6 Å². The molecule has 3 N–H and O–H groups in total. The molecule has 6 heteroatoms. The van der Waals surface area contributed by atoms with E-state index in [1.807, 2.05) is 60.7 Å². The molecule has 0 aliphatic heterocycles. The number of hydrogen-bond donors (Lipinski definition) is 3. The van der Waals surface area contributed by atoms with E-state index in [9.17, 15) is 15.0 Å². The van der Waals surface area contributed by atoms with Crippen molar-refractivity contribution >= 4 is 5.78 Å². The third-order valence-corrected chi connectivity index (χ3v) is 3.84. The average molecular weight is 360 g/mol. The number of ketones is 1. The Balaban J connectivity index is 1.93. The predicted octanol–water partition coefficient (Wildman–Crippen LogP) is 1.07. The summed E-state index contributed by atoms with van der Waals surface area (Å²) in [5, 5.41) is 28.8. The van der Waals surface area contributed by atoms with Crippen LogP contribution in [0.2, 0.25) is 0 Å². The van der Waals surface area contributed by atoms with Gasteiger partial charge >= 0.3 is 0 Å². The van der Waals surface area contributed by atoms with E-state index >= 15 is 0 Å². The zero-order chi connectivity index (χ0) is 18.8. The molecule has 0 bridgehead atoms. The molecule has 0 heterocycles. The van der Waals surface area contributed by atoms with Crippen molar-refractivity contribution in [1.29, 1.82) is 0 Å². The summed E-state index contributed by atoms with van der Waals surface area (Å²) < 4.78 is 10.9. The van der Waals surface area contributed by atoms with Crippen LogP contribution in [0.25, 0.3) is 0 Å². The van der Waals surface area contributed by atoms with Crippen LogP contribution in [0.1, 0.15) is 11.1 Å². The number of carbonyl (C=O) groups is 1. The van der Waals surface area contributed by atoms with Crippen molar-refractivity contribution in [2.45, 2.75) is 31.5 Å². The molecule has 0 aliphatic rings. The van der Waals surface area contributed by atoms with Gasteiger partial charge in [-0.25, -0.2) is 0 Å². The van der Waals surface area contributed by atoms with Crippen LogP contribution in [0.3, 0.4) is 0 Å².